The molecule has 4 nitrogen and oxygen atoms in total. The molecule has 0 bridgehead atoms. The van der Waals surface area contributed by atoms with E-state index in [0.717, 1.165) is 30.6 Å². The van der Waals surface area contributed by atoms with Crippen LogP contribution >= 0.6 is 0 Å². The van der Waals surface area contributed by atoms with E-state index in [0.29, 0.717) is 12.2 Å². The highest BCUT2D eigenvalue weighted by molar-refractivity contribution is 5.60. The quantitative estimate of drug-likeness (QED) is 0.802. The zero-order chi connectivity index (χ0) is 17.1. The molecule has 112 valence electrons. The number of methoxy groups -OCH3 is 1. The standard InChI is InChI=1S/C17H21NO3/c1-18-8-7-17-6-5-12(19)9-14(17)21-16-13(20-2)4-3-11(10-18)15(16)17/h3-6,12,14,19H,7-10H2,1-2H3/t12-,14+,17+/m1/s1/i2D3. The van der Waals surface area contributed by atoms with Crippen molar-refractivity contribution in [2.24, 2.45) is 0 Å². The van der Waals surface area contributed by atoms with Crippen LogP contribution < -0.4 is 9.47 Å². The topological polar surface area (TPSA) is 41.9 Å². The van der Waals surface area contributed by atoms with E-state index in [-0.39, 0.29) is 17.3 Å². The van der Waals surface area contributed by atoms with E-state index in [2.05, 4.69) is 18.0 Å². The van der Waals surface area contributed by atoms with Crippen molar-refractivity contribution in [3.8, 4) is 11.5 Å². The minimum Gasteiger partial charge on any atom is -0.493 e. The van der Waals surface area contributed by atoms with Crippen molar-refractivity contribution in [1.29, 1.82) is 0 Å². The maximum Gasteiger partial charge on any atom is 0.166 e. The Morgan fingerprint density at radius 2 is 2.43 bits per heavy atom. The molecule has 0 saturated carbocycles. The molecule has 0 radical (unpaired) electrons. The summed E-state index contributed by atoms with van der Waals surface area (Å²) >= 11 is 0. The van der Waals surface area contributed by atoms with E-state index in [4.69, 9.17) is 13.6 Å². The third-order valence-corrected chi connectivity index (χ3v) is 5.04. The van der Waals surface area contributed by atoms with Gasteiger partial charge in [-0.15, -0.1) is 0 Å². The van der Waals surface area contributed by atoms with E-state index >= 15 is 0 Å². The Bertz CT molecular complexity index is 703. The van der Waals surface area contributed by atoms with Crippen LogP contribution in [0.1, 0.15) is 28.1 Å². The zero-order valence-corrected chi connectivity index (χ0v) is 12.0. The Morgan fingerprint density at radius 1 is 1.52 bits per heavy atom. The fourth-order valence-electron chi connectivity index (χ4n) is 4.00. The van der Waals surface area contributed by atoms with Gasteiger partial charge in [0.05, 0.1) is 22.7 Å². The third kappa shape index (κ3) is 1.75. The van der Waals surface area contributed by atoms with Gasteiger partial charge in [0.25, 0.3) is 0 Å². The number of benzene rings is 1. The average Bonchev–Trinajstić information content (AvgIpc) is 2.74. The summed E-state index contributed by atoms with van der Waals surface area (Å²) in [5, 5.41) is 10.0. The van der Waals surface area contributed by atoms with E-state index in [1.807, 2.05) is 12.1 Å². The summed E-state index contributed by atoms with van der Waals surface area (Å²) < 4.78 is 33.5. The highest BCUT2D eigenvalue weighted by Crippen LogP contribution is 2.55. The maximum atomic E-state index is 10.0. The van der Waals surface area contributed by atoms with Gasteiger partial charge in [0.1, 0.15) is 6.10 Å². The van der Waals surface area contributed by atoms with Crippen molar-refractivity contribution < 1.29 is 18.7 Å². The number of aliphatic hydroxyl groups excluding tert-OH is 1. The van der Waals surface area contributed by atoms with Gasteiger partial charge >= 0.3 is 0 Å². The van der Waals surface area contributed by atoms with Crippen LogP contribution in [0.2, 0.25) is 0 Å². The van der Waals surface area contributed by atoms with Crippen molar-refractivity contribution in [1.82, 2.24) is 4.90 Å². The molecule has 0 saturated heterocycles. The number of rotatable bonds is 1. The van der Waals surface area contributed by atoms with Gasteiger partial charge in [0.2, 0.25) is 0 Å². The molecule has 0 aromatic heterocycles. The summed E-state index contributed by atoms with van der Waals surface area (Å²) in [7, 11) is -0.444. The second kappa shape index (κ2) is 4.49. The van der Waals surface area contributed by atoms with Crippen molar-refractivity contribution in [2.75, 3.05) is 20.6 Å². The maximum absolute atomic E-state index is 10.0. The van der Waals surface area contributed by atoms with Crippen LogP contribution in [0.3, 0.4) is 0 Å². The molecule has 1 N–H and O–H groups in total. The van der Waals surface area contributed by atoms with E-state index in [1.54, 1.807) is 6.07 Å². The van der Waals surface area contributed by atoms with E-state index < -0.39 is 13.1 Å². The summed E-state index contributed by atoms with van der Waals surface area (Å²) in [5.74, 6) is 0.789. The number of aliphatic hydroxyl groups is 1. The van der Waals surface area contributed by atoms with Gasteiger partial charge in [0, 0.05) is 18.5 Å². The second-order valence-corrected chi connectivity index (χ2v) is 6.33. The van der Waals surface area contributed by atoms with Gasteiger partial charge < -0.3 is 19.5 Å². The molecular weight excluding hydrogens is 266 g/mol. The summed E-state index contributed by atoms with van der Waals surface area (Å²) in [5.41, 5.74) is 1.84. The predicted molar refractivity (Wildman–Crippen MR) is 79.8 cm³/mol. The monoisotopic (exact) mass is 290 g/mol. The molecule has 3 aliphatic rings. The largest absolute Gasteiger partial charge is 0.493 e. The molecule has 21 heavy (non-hydrogen) atoms. The number of hydrogen-bond acceptors (Lipinski definition) is 4. The number of hydrogen-bond donors (Lipinski definition) is 1. The summed E-state index contributed by atoms with van der Waals surface area (Å²) in [6, 6.07) is 3.62. The van der Waals surface area contributed by atoms with Crippen LogP contribution in [0, 0.1) is 0 Å². The first-order valence-corrected chi connectivity index (χ1v) is 7.36. The summed E-state index contributed by atoms with van der Waals surface area (Å²) in [6.07, 6.45) is 4.53. The van der Waals surface area contributed by atoms with E-state index in [1.165, 1.54) is 0 Å². The molecule has 2 aliphatic heterocycles. The lowest BCUT2D eigenvalue weighted by atomic mass is 9.69. The fourth-order valence-corrected chi connectivity index (χ4v) is 4.00. The van der Waals surface area contributed by atoms with Crippen molar-refractivity contribution in [2.45, 2.75) is 37.0 Å². The first-order chi connectivity index (χ1) is 11.3. The molecular formula is C17H21NO3. The Morgan fingerprint density at radius 3 is 3.29 bits per heavy atom. The van der Waals surface area contributed by atoms with Crippen LogP contribution in [0.25, 0.3) is 0 Å². The van der Waals surface area contributed by atoms with Crippen molar-refractivity contribution in [3.63, 3.8) is 0 Å². The Labute approximate surface area is 129 Å². The van der Waals surface area contributed by atoms with Crippen molar-refractivity contribution >= 4 is 0 Å². The fraction of sp³-hybridized carbons (Fsp3) is 0.529. The molecule has 3 atom stereocenters. The van der Waals surface area contributed by atoms with Gasteiger partial charge in [0.15, 0.2) is 11.5 Å². The third-order valence-electron chi connectivity index (χ3n) is 5.04. The number of ether oxygens (including phenoxy) is 2. The average molecular weight is 290 g/mol. The Kier molecular flexibility index (Phi) is 2.19. The minimum atomic E-state index is -2.52. The van der Waals surface area contributed by atoms with Gasteiger partial charge in [-0.25, -0.2) is 0 Å². The molecule has 1 aromatic carbocycles. The Hall–Kier alpha value is -1.52. The molecule has 0 fully saturated rings. The molecule has 0 unspecified atom stereocenters. The van der Waals surface area contributed by atoms with Crippen LogP contribution in [-0.2, 0) is 12.0 Å². The first kappa shape index (κ1) is 10.2. The predicted octanol–water partition coefficient (Wildman–Crippen LogP) is 1.85. The van der Waals surface area contributed by atoms with Crippen LogP contribution in [0.5, 0.6) is 11.5 Å². The lowest BCUT2D eigenvalue weighted by molar-refractivity contribution is 0.0821. The van der Waals surface area contributed by atoms with Crippen LogP contribution in [0.4, 0.5) is 0 Å². The van der Waals surface area contributed by atoms with Gasteiger partial charge in [-0.3, -0.25) is 0 Å². The smallest absolute Gasteiger partial charge is 0.166 e. The normalized spacial score (nSPS) is 36.6. The molecule has 1 aromatic rings. The SMILES string of the molecule is [2H]C([2H])([2H])Oc1ccc2c3c1O[C@H]1C[C@H](O)C=C[C@@]31CCN(C)C2. The molecule has 1 aliphatic carbocycles. The van der Waals surface area contributed by atoms with Gasteiger partial charge in [-0.2, -0.15) is 0 Å². The highest BCUT2D eigenvalue weighted by atomic mass is 16.5. The lowest BCUT2D eigenvalue weighted by Crippen LogP contribution is -2.42. The number of nitrogens with zero attached hydrogens (tertiary/aromatic N) is 1. The molecule has 1 spiro atoms. The molecule has 0 amide bonds. The molecule has 4 heteroatoms. The highest BCUT2D eigenvalue weighted by Gasteiger charge is 2.52. The first-order valence-electron chi connectivity index (χ1n) is 8.86. The van der Waals surface area contributed by atoms with Crippen molar-refractivity contribution in [3.05, 3.63) is 35.4 Å². The van der Waals surface area contributed by atoms with Gasteiger partial charge in [-0.1, -0.05) is 18.2 Å². The molecule has 2 heterocycles. The summed E-state index contributed by atoms with van der Waals surface area (Å²) in [4.78, 5) is 2.25. The lowest BCUT2D eigenvalue weighted by Gasteiger charge is -2.35. The minimum absolute atomic E-state index is 0.195. The summed E-state index contributed by atoms with van der Waals surface area (Å²) in [6.45, 7) is 1.69. The Balaban J connectivity index is 1.89. The second-order valence-electron chi connectivity index (χ2n) is 6.33. The molecule has 4 rings (SSSR count). The van der Waals surface area contributed by atoms with E-state index in [9.17, 15) is 5.11 Å². The van der Waals surface area contributed by atoms with Crippen LogP contribution in [-0.4, -0.2) is 42.8 Å². The van der Waals surface area contributed by atoms with Crippen LogP contribution in [0.15, 0.2) is 24.3 Å². The van der Waals surface area contributed by atoms with Gasteiger partial charge in [-0.05, 0) is 31.6 Å². The zero-order valence-electron chi connectivity index (χ0n) is 15.0.